The Morgan fingerprint density at radius 1 is 0.667 bits per heavy atom. The Kier molecular flexibility index (Phi) is 4.39. The van der Waals surface area contributed by atoms with Gasteiger partial charge in [0, 0.05) is 17.0 Å². The third-order valence-electron chi connectivity index (χ3n) is 5.26. The van der Waals surface area contributed by atoms with Gasteiger partial charge in [-0.3, -0.25) is 0 Å². The number of benzene rings is 3. The molecule has 3 aromatic carbocycles. The summed E-state index contributed by atoms with van der Waals surface area (Å²) in [7, 11) is 30.3. The van der Waals surface area contributed by atoms with Gasteiger partial charge in [-0.2, -0.15) is 0 Å². The zero-order chi connectivity index (χ0) is 21.0. The molecule has 0 amide bonds. The molecule has 0 bridgehead atoms. The number of aromatic nitrogens is 2. The fourth-order valence-electron chi connectivity index (χ4n) is 3.68. The largest absolute Gasteiger partial charge is 0.455 e. The van der Waals surface area contributed by atoms with Gasteiger partial charge in [-0.15, -0.1) is 16.4 Å². The molecule has 0 unspecified atom stereocenters. The van der Waals surface area contributed by atoms with Crippen molar-refractivity contribution in [2.75, 3.05) is 0 Å². The first-order valence-corrected chi connectivity index (χ1v) is 9.22. The van der Waals surface area contributed by atoms with E-state index in [-0.39, 0.29) is 27.3 Å². The molecule has 0 aliphatic carbocycles. The molecule has 0 aliphatic heterocycles. The quantitative estimate of drug-likeness (QED) is 0.399. The van der Waals surface area contributed by atoms with Crippen LogP contribution in [0.3, 0.4) is 0 Å². The van der Waals surface area contributed by atoms with Crippen LogP contribution >= 0.6 is 0 Å². The number of para-hydroxylation sites is 2. The minimum atomic E-state index is 0.162. The lowest BCUT2D eigenvalue weighted by Crippen LogP contribution is -2.55. The van der Waals surface area contributed by atoms with E-state index >= 15 is 0 Å². The molecule has 0 spiro atoms. The van der Waals surface area contributed by atoms with Crippen LogP contribution in [-0.2, 0) is 0 Å². The second-order valence-electron chi connectivity index (χ2n) is 6.99. The van der Waals surface area contributed by atoms with Crippen LogP contribution in [0.1, 0.15) is 0 Å². The van der Waals surface area contributed by atoms with Crippen LogP contribution in [-0.4, -0.2) is 49.2 Å². The van der Waals surface area contributed by atoms with Gasteiger partial charge in [-0.25, -0.2) is 9.97 Å². The summed E-state index contributed by atoms with van der Waals surface area (Å²) in [6.45, 7) is 0. The SMILES string of the molecule is [B]c1c([B])c([B])c(-c2ccnc(-c3cccc4c3oc3ccccc34)n2)c([B])c1[B]. The van der Waals surface area contributed by atoms with Crippen molar-refractivity contribution in [1.29, 1.82) is 0 Å². The Morgan fingerprint density at radius 2 is 1.33 bits per heavy atom. The van der Waals surface area contributed by atoms with Gasteiger partial charge in [0.2, 0.25) is 0 Å². The van der Waals surface area contributed by atoms with E-state index in [1.54, 1.807) is 12.3 Å². The van der Waals surface area contributed by atoms with Crippen LogP contribution in [0, 0.1) is 0 Å². The Balaban J connectivity index is 1.75. The van der Waals surface area contributed by atoms with E-state index in [9.17, 15) is 0 Å². The van der Waals surface area contributed by atoms with Gasteiger partial charge in [0.15, 0.2) is 5.82 Å². The number of rotatable bonds is 2. The van der Waals surface area contributed by atoms with E-state index in [2.05, 4.69) is 9.97 Å². The van der Waals surface area contributed by atoms with Gasteiger partial charge in [-0.1, -0.05) is 41.3 Å². The highest BCUT2D eigenvalue weighted by atomic mass is 16.3. The minimum absolute atomic E-state index is 0.162. The van der Waals surface area contributed by atoms with Gasteiger partial charge in [0.05, 0.1) is 11.3 Å². The number of furan rings is 1. The van der Waals surface area contributed by atoms with Crippen LogP contribution in [0.4, 0.5) is 0 Å². The highest BCUT2D eigenvalue weighted by molar-refractivity contribution is 6.68. The van der Waals surface area contributed by atoms with Crippen LogP contribution in [0.25, 0.3) is 44.6 Å². The average Bonchev–Trinajstić information content (AvgIpc) is 3.15. The van der Waals surface area contributed by atoms with Crippen molar-refractivity contribution < 1.29 is 4.42 Å². The topological polar surface area (TPSA) is 38.9 Å². The highest BCUT2D eigenvalue weighted by Crippen LogP contribution is 2.34. The van der Waals surface area contributed by atoms with E-state index in [1.807, 2.05) is 42.5 Å². The van der Waals surface area contributed by atoms with Gasteiger partial charge in [0.1, 0.15) is 50.4 Å². The third-order valence-corrected chi connectivity index (χ3v) is 5.26. The summed E-state index contributed by atoms with van der Waals surface area (Å²) in [5.74, 6) is 0.463. The van der Waals surface area contributed by atoms with Crippen molar-refractivity contribution in [2.45, 2.75) is 0 Å². The maximum atomic E-state index is 6.20. The van der Waals surface area contributed by atoms with Crippen molar-refractivity contribution in [2.24, 2.45) is 0 Å². The van der Waals surface area contributed by atoms with E-state index < -0.39 is 0 Å². The third kappa shape index (κ3) is 2.74. The monoisotopic (exact) mass is 372 g/mol. The average molecular weight is 371 g/mol. The summed E-state index contributed by atoms with van der Waals surface area (Å²) in [6.07, 6.45) is 1.63. The van der Waals surface area contributed by atoms with Crippen molar-refractivity contribution in [3.05, 3.63) is 54.7 Å². The molecule has 3 nitrogen and oxygen atoms in total. The molecule has 0 atom stereocenters. The lowest BCUT2D eigenvalue weighted by atomic mass is 9.60. The van der Waals surface area contributed by atoms with Crippen molar-refractivity contribution in [1.82, 2.24) is 9.97 Å². The van der Waals surface area contributed by atoms with Crippen LogP contribution in [0.2, 0.25) is 0 Å². The molecule has 2 heterocycles. The fraction of sp³-hybridized carbons (Fsp3) is 0. The summed E-state index contributed by atoms with van der Waals surface area (Å²) in [5.41, 5.74) is 4.14. The number of fused-ring (bicyclic) bond motifs is 3. The molecule has 0 saturated carbocycles. The van der Waals surface area contributed by atoms with Crippen molar-refractivity contribution >= 4 is 88.5 Å². The Morgan fingerprint density at radius 3 is 2.10 bits per heavy atom. The van der Waals surface area contributed by atoms with Crippen LogP contribution in [0.15, 0.2) is 59.1 Å². The fourth-order valence-corrected chi connectivity index (χ4v) is 3.68. The van der Waals surface area contributed by atoms with Gasteiger partial charge < -0.3 is 4.42 Å². The predicted molar refractivity (Wildman–Crippen MR) is 127 cm³/mol. The second kappa shape index (κ2) is 6.98. The Hall–Kier alpha value is -3.14. The molecule has 0 N–H and O–H groups in total. The molecule has 0 saturated heterocycles. The molecular weight excluding hydrogens is 362 g/mol. The number of hydrogen-bond donors (Lipinski definition) is 0. The molecule has 0 fully saturated rings. The van der Waals surface area contributed by atoms with Gasteiger partial charge in [0.25, 0.3) is 0 Å². The van der Waals surface area contributed by atoms with E-state index in [1.165, 1.54) is 0 Å². The number of hydrogen-bond acceptors (Lipinski definition) is 3. The summed E-state index contributed by atoms with van der Waals surface area (Å²) in [5, 5.41) is 2.01. The Bertz CT molecular complexity index is 1430. The van der Waals surface area contributed by atoms with Gasteiger partial charge in [-0.05, 0) is 23.8 Å². The smallest absolute Gasteiger partial charge is 0.163 e. The molecule has 30 heavy (non-hydrogen) atoms. The Labute approximate surface area is 180 Å². The van der Waals surface area contributed by atoms with E-state index in [0.29, 0.717) is 22.7 Å². The molecule has 0 aliphatic rings. The molecule has 8 heteroatoms. The first-order chi connectivity index (χ1) is 14.5. The number of nitrogens with zero attached hydrogens (tertiary/aromatic N) is 2. The van der Waals surface area contributed by atoms with Gasteiger partial charge >= 0.3 is 0 Å². The molecule has 128 valence electrons. The highest BCUT2D eigenvalue weighted by Gasteiger charge is 2.17. The second-order valence-corrected chi connectivity index (χ2v) is 6.99. The van der Waals surface area contributed by atoms with Crippen molar-refractivity contribution in [3.63, 3.8) is 0 Å². The van der Waals surface area contributed by atoms with E-state index in [4.69, 9.17) is 43.6 Å². The molecule has 2 aromatic heterocycles. The summed E-state index contributed by atoms with van der Waals surface area (Å²) in [6, 6.07) is 15.4. The van der Waals surface area contributed by atoms with E-state index in [0.717, 1.165) is 21.9 Å². The first-order valence-electron chi connectivity index (χ1n) is 9.22. The zero-order valence-electron chi connectivity index (χ0n) is 15.9. The summed E-state index contributed by atoms with van der Waals surface area (Å²) in [4.78, 5) is 9.12. The zero-order valence-corrected chi connectivity index (χ0v) is 15.9. The standard InChI is InChI=1S/C22H9B5N2O/c23-16-15(17(24)19(26)20(27)18(16)25)13-8-9-28-22(29-13)12-6-3-5-11-10-4-1-2-7-14(10)30-21(11)12/h1-9H. The van der Waals surface area contributed by atoms with Crippen LogP contribution in [0.5, 0.6) is 0 Å². The predicted octanol–water partition coefficient (Wildman–Crippen LogP) is -0.321. The summed E-state index contributed by atoms with van der Waals surface area (Å²) >= 11 is 0. The maximum absolute atomic E-state index is 6.20. The minimum Gasteiger partial charge on any atom is -0.455 e. The molecule has 10 radical (unpaired) electrons. The van der Waals surface area contributed by atoms with Crippen molar-refractivity contribution in [3.8, 4) is 22.6 Å². The maximum Gasteiger partial charge on any atom is 0.163 e. The lowest BCUT2D eigenvalue weighted by Gasteiger charge is -2.20. The first kappa shape index (κ1) is 18.9. The molecular formula is C22H9B5N2O. The lowest BCUT2D eigenvalue weighted by molar-refractivity contribution is 0.669. The molecule has 5 rings (SSSR count). The molecule has 5 aromatic rings. The summed E-state index contributed by atoms with van der Waals surface area (Å²) < 4.78 is 6.10. The normalized spacial score (nSPS) is 11.3. The van der Waals surface area contributed by atoms with Crippen LogP contribution < -0.4 is 27.3 Å².